The number of nitrogens with two attached hydrogens (primary N) is 1. The summed E-state index contributed by atoms with van der Waals surface area (Å²) in [6, 6.07) is 0. The van der Waals surface area contributed by atoms with Crippen molar-refractivity contribution in [3.63, 3.8) is 0 Å². The van der Waals surface area contributed by atoms with E-state index in [4.69, 9.17) is 25.1 Å². The highest BCUT2D eigenvalue weighted by Gasteiger charge is 2.49. The van der Waals surface area contributed by atoms with Crippen LogP contribution < -0.4 is 5.73 Å². The van der Waals surface area contributed by atoms with Crippen molar-refractivity contribution in [2.75, 3.05) is 13.2 Å². The Morgan fingerprint density at radius 2 is 1.35 bits per heavy atom. The monoisotopic (exact) mass is 341 g/mol. The summed E-state index contributed by atoms with van der Waals surface area (Å²) < 4.78 is 15.6. The summed E-state index contributed by atoms with van der Waals surface area (Å²) in [7, 11) is 0. The lowest BCUT2D eigenvalue weighted by Crippen LogP contribution is -2.65. The number of hydrogen-bond acceptors (Lipinski definition) is 11. The number of ether oxygens (including phenoxy) is 3. The Morgan fingerprint density at radius 3 is 1.91 bits per heavy atom. The molecule has 0 unspecified atom stereocenters. The van der Waals surface area contributed by atoms with Gasteiger partial charge in [-0.25, -0.2) is 0 Å². The fourth-order valence-corrected chi connectivity index (χ4v) is 2.62. The summed E-state index contributed by atoms with van der Waals surface area (Å²) in [5.41, 5.74) is 5.46. The molecule has 11 heteroatoms. The molecule has 10 atom stereocenters. The van der Waals surface area contributed by atoms with Crippen LogP contribution in [0.4, 0.5) is 0 Å². The van der Waals surface area contributed by atoms with E-state index >= 15 is 0 Å². The van der Waals surface area contributed by atoms with Gasteiger partial charge in [0.15, 0.2) is 6.29 Å². The first kappa shape index (κ1) is 18.9. The maximum absolute atomic E-state index is 10.0. The normalized spacial score (nSPS) is 51.7. The second-order valence-corrected chi connectivity index (χ2v) is 5.60. The van der Waals surface area contributed by atoms with Crippen molar-refractivity contribution in [1.29, 1.82) is 0 Å². The largest absolute Gasteiger partial charge is 0.394 e. The van der Waals surface area contributed by atoms with E-state index in [2.05, 4.69) is 0 Å². The van der Waals surface area contributed by atoms with Crippen molar-refractivity contribution < 1.29 is 50.0 Å². The van der Waals surface area contributed by atoms with Crippen LogP contribution in [0.2, 0.25) is 0 Å². The Hall–Kier alpha value is -0.440. The van der Waals surface area contributed by atoms with E-state index in [0.29, 0.717) is 0 Å². The summed E-state index contributed by atoms with van der Waals surface area (Å²) >= 11 is 0. The van der Waals surface area contributed by atoms with Crippen molar-refractivity contribution in [2.24, 2.45) is 5.73 Å². The van der Waals surface area contributed by atoms with Crippen molar-refractivity contribution >= 4 is 0 Å². The molecule has 2 aliphatic rings. The molecule has 2 rings (SSSR count). The molecule has 2 heterocycles. The van der Waals surface area contributed by atoms with Gasteiger partial charge in [-0.3, -0.25) is 0 Å². The van der Waals surface area contributed by atoms with Crippen molar-refractivity contribution in [3.05, 3.63) is 0 Å². The Morgan fingerprint density at radius 1 is 0.739 bits per heavy atom. The molecule has 0 amide bonds. The molecule has 0 spiro atoms. The summed E-state index contributed by atoms with van der Waals surface area (Å²) in [6.45, 7) is -1.25. The van der Waals surface area contributed by atoms with E-state index in [-0.39, 0.29) is 0 Å². The highest BCUT2D eigenvalue weighted by atomic mass is 16.7. The van der Waals surface area contributed by atoms with Gasteiger partial charge in [0, 0.05) is 0 Å². The Kier molecular flexibility index (Phi) is 6.27. The highest BCUT2D eigenvalue weighted by Crippen LogP contribution is 2.28. The zero-order valence-corrected chi connectivity index (χ0v) is 12.1. The maximum atomic E-state index is 10.0. The van der Waals surface area contributed by atoms with Gasteiger partial charge >= 0.3 is 0 Å². The second-order valence-electron chi connectivity index (χ2n) is 5.60. The van der Waals surface area contributed by atoms with Gasteiger partial charge in [-0.1, -0.05) is 0 Å². The third-order valence-corrected chi connectivity index (χ3v) is 4.04. The van der Waals surface area contributed by atoms with Crippen molar-refractivity contribution in [1.82, 2.24) is 0 Å². The van der Waals surface area contributed by atoms with Crippen LogP contribution in [-0.2, 0) is 14.2 Å². The first-order chi connectivity index (χ1) is 10.8. The SMILES string of the molecule is N[C@H]1O[C@H](CO)[C@@H](O[C@H]2O[C@H](CO)[C@@H](O)[C@H](O)[C@H]2O)[C@H](O)[C@H]1O. The topological polar surface area (TPSA) is 195 Å². The Balaban J connectivity index is 2.11. The lowest BCUT2D eigenvalue weighted by molar-refractivity contribution is -0.341. The van der Waals surface area contributed by atoms with Crippen LogP contribution in [0.1, 0.15) is 0 Å². The van der Waals surface area contributed by atoms with Crippen LogP contribution in [0.3, 0.4) is 0 Å². The lowest BCUT2D eigenvalue weighted by atomic mass is 9.96. The molecule has 0 radical (unpaired) electrons. The summed E-state index contributed by atoms with van der Waals surface area (Å²) in [6.07, 6.45) is -14.4. The predicted molar refractivity (Wildman–Crippen MR) is 70.6 cm³/mol. The van der Waals surface area contributed by atoms with Gasteiger partial charge in [-0.15, -0.1) is 0 Å². The number of aliphatic hydroxyl groups is 7. The molecular formula is C12H23NO10. The molecule has 0 aliphatic carbocycles. The average molecular weight is 341 g/mol. The van der Waals surface area contributed by atoms with E-state index in [9.17, 15) is 30.6 Å². The molecule has 0 saturated carbocycles. The van der Waals surface area contributed by atoms with Crippen molar-refractivity contribution in [3.8, 4) is 0 Å². The fraction of sp³-hybridized carbons (Fsp3) is 1.00. The Labute approximate surface area is 131 Å². The van der Waals surface area contributed by atoms with Crippen LogP contribution in [-0.4, -0.2) is 110 Å². The quantitative estimate of drug-likeness (QED) is 0.243. The number of hydrogen-bond donors (Lipinski definition) is 8. The molecule has 2 fully saturated rings. The van der Waals surface area contributed by atoms with Gasteiger partial charge in [0.1, 0.15) is 55.1 Å². The third-order valence-electron chi connectivity index (χ3n) is 4.04. The molecular weight excluding hydrogens is 318 g/mol. The van der Waals surface area contributed by atoms with E-state index < -0.39 is 74.6 Å². The van der Waals surface area contributed by atoms with Crippen LogP contribution in [0.25, 0.3) is 0 Å². The molecule has 0 aromatic heterocycles. The first-order valence-corrected chi connectivity index (χ1v) is 7.15. The predicted octanol–water partition coefficient (Wildman–Crippen LogP) is -5.43. The smallest absolute Gasteiger partial charge is 0.187 e. The number of aliphatic hydroxyl groups excluding tert-OH is 7. The average Bonchev–Trinajstić information content (AvgIpc) is 2.55. The highest BCUT2D eigenvalue weighted by molar-refractivity contribution is 4.94. The fourth-order valence-electron chi connectivity index (χ4n) is 2.62. The Bertz CT molecular complexity index is 383. The molecule has 0 aromatic rings. The van der Waals surface area contributed by atoms with E-state index in [0.717, 1.165) is 0 Å². The summed E-state index contributed by atoms with van der Waals surface area (Å²) in [5.74, 6) is 0. The van der Waals surface area contributed by atoms with Crippen LogP contribution in [0, 0.1) is 0 Å². The van der Waals surface area contributed by atoms with Gasteiger partial charge in [0.05, 0.1) is 13.2 Å². The molecule has 0 bridgehead atoms. The van der Waals surface area contributed by atoms with Gasteiger partial charge < -0.3 is 55.7 Å². The lowest BCUT2D eigenvalue weighted by Gasteiger charge is -2.45. The van der Waals surface area contributed by atoms with E-state index in [1.165, 1.54) is 0 Å². The molecule has 136 valence electrons. The van der Waals surface area contributed by atoms with E-state index in [1.54, 1.807) is 0 Å². The second kappa shape index (κ2) is 7.63. The third kappa shape index (κ3) is 3.65. The zero-order chi connectivity index (χ0) is 17.3. The molecule has 2 saturated heterocycles. The summed E-state index contributed by atoms with van der Waals surface area (Å²) in [5, 5.41) is 67.4. The molecule has 9 N–H and O–H groups in total. The van der Waals surface area contributed by atoms with Gasteiger partial charge in [0.2, 0.25) is 0 Å². The standard InChI is InChI=1S/C12H23NO10/c13-11-8(19)7(18)10(4(2-15)21-11)23-12-9(20)6(17)5(16)3(1-14)22-12/h3-12,14-20H,1-2,13H2/t3-,4-,5-,6+,7-,8-,9-,10-,11+,12-/m1/s1. The molecule has 23 heavy (non-hydrogen) atoms. The minimum Gasteiger partial charge on any atom is -0.394 e. The van der Waals surface area contributed by atoms with Crippen LogP contribution in [0.5, 0.6) is 0 Å². The van der Waals surface area contributed by atoms with Crippen molar-refractivity contribution in [2.45, 2.75) is 61.3 Å². The minimum atomic E-state index is -1.69. The zero-order valence-electron chi connectivity index (χ0n) is 12.1. The molecule has 2 aliphatic heterocycles. The van der Waals surface area contributed by atoms with Gasteiger partial charge in [-0.05, 0) is 0 Å². The minimum absolute atomic E-state index is 0.598. The molecule has 0 aromatic carbocycles. The summed E-state index contributed by atoms with van der Waals surface area (Å²) in [4.78, 5) is 0. The van der Waals surface area contributed by atoms with Crippen LogP contribution in [0.15, 0.2) is 0 Å². The van der Waals surface area contributed by atoms with Gasteiger partial charge in [-0.2, -0.15) is 0 Å². The first-order valence-electron chi connectivity index (χ1n) is 7.15. The molecule has 11 nitrogen and oxygen atoms in total. The van der Waals surface area contributed by atoms with Crippen LogP contribution >= 0.6 is 0 Å². The van der Waals surface area contributed by atoms with E-state index in [1.807, 2.05) is 0 Å². The number of rotatable bonds is 4. The van der Waals surface area contributed by atoms with Gasteiger partial charge in [0.25, 0.3) is 0 Å². The maximum Gasteiger partial charge on any atom is 0.187 e.